The quantitative estimate of drug-likeness (QED) is 0.866. The molecule has 0 unspecified atom stereocenters. The maximum Gasteiger partial charge on any atom is 0.328 e. The van der Waals surface area contributed by atoms with Gasteiger partial charge in [-0.1, -0.05) is 28.1 Å². The number of halogens is 1. The van der Waals surface area contributed by atoms with Crippen molar-refractivity contribution in [3.8, 4) is 5.75 Å². The molecule has 0 amide bonds. The number of rotatable bonds is 4. The maximum absolute atomic E-state index is 10.5. The van der Waals surface area contributed by atoms with E-state index in [0.29, 0.717) is 5.57 Å². The number of carboxylic acids is 1. The van der Waals surface area contributed by atoms with Gasteiger partial charge < -0.3 is 9.84 Å². The summed E-state index contributed by atoms with van der Waals surface area (Å²) in [6, 6.07) is 11.8. The number of ether oxygens (including phenoxy) is 1. The molecule has 0 saturated carbocycles. The van der Waals surface area contributed by atoms with Gasteiger partial charge in [0, 0.05) is 10.5 Å². The fraction of sp³-hybridized carbons (Fsp3) is 0.133. The number of aliphatic carboxylic acids is 1. The number of fused-ring (bicyclic) bond motifs is 1. The van der Waals surface area contributed by atoms with Crippen LogP contribution in [0.5, 0.6) is 5.75 Å². The van der Waals surface area contributed by atoms with Gasteiger partial charge in [-0.2, -0.15) is 0 Å². The summed E-state index contributed by atoms with van der Waals surface area (Å²) in [7, 11) is 0. The van der Waals surface area contributed by atoms with Crippen molar-refractivity contribution in [3.63, 3.8) is 0 Å². The summed E-state index contributed by atoms with van der Waals surface area (Å²) < 4.78 is 6.60. The van der Waals surface area contributed by atoms with Crippen molar-refractivity contribution in [3.05, 3.63) is 52.5 Å². The molecule has 0 aliphatic rings. The van der Waals surface area contributed by atoms with Crippen molar-refractivity contribution in [2.24, 2.45) is 0 Å². The predicted molar refractivity (Wildman–Crippen MR) is 78.5 cm³/mol. The van der Waals surface area contributed by atoms with Crippen molar-refractivity contribution in [2.75, 3.05) is 6.61 Å². The highest BCUT2D eigenvalue weighted by Gasteiger charge is 2.00. The molecule has 0 radical (unpaired) electrons. The molecule has 2 aromatic carbocycles. The molecule has 0 bridgehead atoms. The zero-order valence-electron chi connectivity index (χ0n) is 10.4. The Morgan fingerprint density at radius 2 is 1.95 bits per heavy atom. The van der Waals surface area contributed by atoms with E-state index in [9.17, 15) is 4.79 Å². The van der Waals surface area contributed by atoms with Crippen molar-refractivity contribution in [2.45, 2.75) is 6.92 Å². The first-order chi connectivity index (χ1) is 9.04. The smallest absolute Gasteiger partial charge is 0.328 e. The van der Waals surface area contributed by atoms with Crippen molar-refractivity contribution >= 4 is 32.7 Å². The van der Waals surface area contributed by atoms with Crippen LogP contribution in [0.4, 0.5) is 0 Å². The van der Waals surface area contributed by atoms with E-state index in [2.05, 4.69) is 15.9 Å². The zero-order chi connectivity index (χ0) is 13.8. The molecular formula is C15H13BrO3. The van der Waals surface area contributed by atoms with Gasteiger partial charge in [0.15, 0.2) is 0 Å². The first-order valence-electron chi connectivity index (χ1n) is 5.77. The molecule has 19 heavy (non-hydrogen) atoms. The average Bonchev–Trinajstić information content (AvgIpc) is 2.35. The molecule has 2 rings (SSSR count). The molecule has 0 fully saturated rings. The van der Waals surface area contributed by atoms with Gasteiger partial charge in [0.1, 0.15) is 12.4 Å². The molecule has 0 spiro atoms. The summed E-state index contributed by atoms with van der Waals surface area (Å²) in [6.45, 7) is 2.00. The summed E-state index contributed by atoms with van der Waals surface area (Å²) in [6.07, 6.45) is 1.15. The molecule has 98 valence electrons. The van der Waals surface area contributed by atoms with Crippen LogP contribution >= 0.6 is 15.9 Å². The van der Waals surface area contributed by atoms with Gasteiger partial charge in [-0.3, -0.25) is 0 Å². The molecular weight excluding hydrogens is 308 g/mol. The van der Waals surface area contributed by atoms with Crippen LogP contribution in [-0.4, -0.2) is 17.7 Å². The second-order valence-electron chi connectivity index (χ2n) is 4.27. The monoisotopic (exact) mass is 320 g/mol. The van der Waals surface area contributed by atoms with Gasteiger partial charge in [-0.05, 0) is 47.5 Å². The van der Waals surface area contributed by atoms with Crippen molar-refractivity contribution in [1.29, 1.82) is 0 Å². The van der Waals surface area contributed by atoms with Crippen LogP contribution in [-0.2, 0) is 4.79 Å². The Morgan fingerprint density at radius 3 is 2.68 bits per heavy atom. The third-order valence-corrected chi connectivity index (χ3v) is 3.10. The molecule has 3 nitrogen and oxygen atoms in total. The Kier molecular flexibility index (Phi) is 4.22. The third-order valence-electron chi connectivity index (χ3n) is 2.61. The maximum atomic E-state index is 10.5. The SMILES string of the molecule is CC(=CC(=O)O)COc1ccc2cc(Br)ccc2c1. The second-order valence-corrected chi connectivity index (χ2v) is 5.19. The Bertz CT molecular complexity index is 647. The topological polar surface area (TPSA) is 46.5 Å². The van der Waals surface area contributed by atoms with Crippen molar-refractivity contribution < 1.29 is 14.6 Å². The number of hydrogen-bond acceptors (Lipinski definition) is 2. The minimum absolute atomic E-state index is 0.272. The molecule has 2 aromatic rings. The predicted octanol–water partition coefficient (Wildman–Crippen LogP) is 4.01. The van der Waals surface area contributed by atoms with Crippen molar-refractivity contribution in [1.82, 2.24) is 0 Å². The van der Waals surface area contributed by atoms with Gasteiger partial charge in [0.2, 0.25) is 0 Å². The van der Waals surface area contributed by atoms with Crippen LogP contribution in [0.2, 0.25) is 0 Å². The van der Waals surface area contributed by atoms with Gasteiger partial charge in [-0.25, -0.2) is 4.79 Å². The first kappa shape index (κ1) is 13.6. The molecule has 1 N–H and O–H groups in total. The highest BCUT2D eigenvalue weighted by atomic mass is 79.9. The van der Waals surface area contributed by atoms with Crippen LogP contribution in [0.15, 0.2) is 52.5 Å². The highest BCUT2D eigenvalue weighted by molar-refractivity contribution is 9.10. The lowest BCUT2D eigenvalue weighted by atomic mass is 10.1. The summed E-state index contributed by atoms with van der Waals surface area (Å²) in [5.74, 6) is -0.225. The molecule has 0 heterocycles. The van der Waals surface area contributed by atoms with E-state index in [1.807, 2.05) is 36.4 Å². The zero-order valence-corrected chi connectivity index (χ0v) is 12.0. The molecule has 4 heteroatoms. The minimum atomic E-state index is -0.954. The lowest BCUT2D eigenvalue weighted by Gasteiger charge is -2.07. The minimum Gasteiger partial charge on any atom is -0.489 e. The fourth-order valence-electron chi connectivity index (χ4n) is 1.73. The normalized spacial score (nSPS) is 11.6. The van der Waals surface area contributed by atoms with Crippen LogP contribution in [0.1, 0.15) is 6.92 Å². The molecule has 0 atom stereocenters. The van der Waals surface area contributed by atoms with Crippen LogP contribution in [0, 0.1) is 0 Å². The lowest BCUT2D eigenvalue weighted by molar-refractivity contribution is -0.131. The largest absolute Gasteiger partial charge is 0.489 e. The highest BCUT2D eigenvalue weighted by Crippen LogP contribution is 2.24. The van der Waals surface area contributed by atoms with E-state index in [1.165, 1.54) is 0 Å². The van der Waals surface area contributed by atoms with Crippen LogP contribution in [0.25, 0.3) is 10.8 Å². The standard InChI is InChI=1S/C15H13BrO3/c1-10(6-15(17)18)9-19-14-5-3-11-7-13(16)4-2-12(11)8-14/h2-8H,9H2,1H3,(H,17,18). The first-order valence-corrected chi connectivity index (χ1v) is 6.56. The third kappa shape index (κ3) is 3.83. The van der Waals surface area contributed by atoms with Gasteiger partial charge in [0.05, 0.1) is 0 Å². The Hall–Kier alpha value is -1.81. The summed E-state index contributed by atoms with van der Waals surface area (Å²) in [5, 5.41) is 10.8. The Labute approximate surface area is 119 Å². The van der Waals surface area contributed by atoms with E-state index < -0.39 is 5.97 Å². The van der Waals surface area contributed by atoms with Crippen LogP contribution in [0.3, 0.4) is 0 Å². The van der Waals surface area contributed by atoms with E-state index >= 15 is 0 Å². The molecule has 0 saturated heterocycles. The average molecular weight is 321 g/mol. The molecule has 0 aliphatic heterocycles. The van der Waals surface area contributed by atoms with E-state index in [4.69, 9.17) is 9.84 Å². The van der Waals surface area contributed by atoms with E-state index in [0.717, 1.165) is 27.1 Å². The number of carbonyl (C=O) groups is 1. The lowest BCUT2D eigenvalue weighted by Crippen LogP contribution is -2.01. The van der Waals surface area contributed by atoms with Gasteiger partial charge in [-0.15, -0.1) is 0 Å². The summed E-state index contributed by atoms with van der Waals surface area (Å²) in [4.78, 5) is 10.5. The Morgan fingerprint density at radius 1 is 1.26 bits per heavy atom. The van der Waals surface area contributed by atoms with Gasteiger partial charge in [0.25, 0.3) is 0 Å². The fourth-order valence-corrected chi connectivity index (χ4v) is 2.11. The van der Waals surface area contributed by atoms with Crippen LogP contribution < -0.4 is 4.74 Å². The van der Waals surface area contributed by atoms with E-state index in [1.54, 1.807) is 6.92 Å². The number of benzene rings is 2. The molecule has 0 aliphatic carbocycles. The Balaban J connectivity index is 2.14. The second kappa shape index (κ2) is 5.89. The number of hydrogen-bond donors (Lipinski definition) is 1. The van der Waals surface area contributed by atoms with Gasteiger partial charge >= 0.3 is 5.97 Å². The van der Waals surface area contributed by atoms with E-state index in [-0.39, 0.29) is 6.61 Å². The number of carboxylic acid groups (broad SMARTS) is 1. The molecule has 0 aromatic heterocycles. The summed E-state index contributed by atoms with van der Waals surface area (Å²) >= 11 is 3.43. The summed E-state index contributed by atoms with van der Waals surface area (Å²) in [5.41, 5.74) is 0.670.